The fraction of sp³-hybridized carbons (Fsp3) is 0.632. The van der Waals surface area contributed by atoms with Crippen LogP contribution in [0.2, 0.25) is 0 Å². The number of carbonyl (C=O) groups is 2. The van der Waals surface area contributed by atoms with Crippen molar-refractivity contribution in [3.63, 3.8) is 0 Å². The Balaban J connectivity index is 1.53. The first kappa shape index (κ1) is 22.5. The monoisotopic (exact) mass is 564 g/mol. The highest BCUT2D eigenvalue weighted by molar-refractivity contribution is 14.1. The van der Waals surface area contributed by atoms with Crippen molar-refractivity contribution >= 4 is 57.6 Å². The van der Waals surface area contributed by atoms with Gasteiger partial charge in [-0.3, -0.25) is 9.69 Å². The molecule has 2 saturated heterocycles. The fourth-order valence-electron chi connectivity index (χ4n) is 4.57. The predicted molar refractivity (Wildman–Crippen MR) is 125 cm³/mol. The topological polar surface area (TPSA) is 129 Å². The number of hydrogen-bond acceptors (Lipinski definition) is 8. The summed E-state index contributed by atoms with van der Waals surface area (Å²) in [5.74, 6) is -1.96. The van der Waals surface area contributed by atoms with Crippen LogP contribution in [0, 0.1) is 5.92 Å². The number of nitrogens with zero attached hydrogens (tertiary/aromatic N) is 2. The van der Waals surface area contributed by atoms with E-state index in [0.717, 1.165) is 30.1 Å². The van der Waals surface area contributed by atoms with Crippen LogP contribution in [0.5, 0.6) is 0 Å². The Morgan fingerprint density at radius 3 is 2.97 bits per heavy atom. The van der Waals surface area contributed by atoms with Crippen LogP contribution in [0.25, 0.3) is 0 Å². The van der Waals surface area contributed by atoms with Gasteiger partial charge in [-0.2, -0.15) is 0 Å². The molecule has 0 unspecified atom stereocenters. The SMILES string of the molecule is C[C@@H](O)[C@H]1C(=O)N2C(C(=O)O)=C(S[C@@H]3CN[C@H](c4csc(CCN)n4)C3)[C@](C)(I)[C@H]12. The molecule has 0 aliphatic carbocycles. The fourth-order valence-corrected chi connectivity index (χ4v) is 8.19. The lowest BCUT2D eigenvalue weighted by Crippen LogP contribution is -2.66. The summed E-state index contributed by atoms with van der Waals surface area (Å²) >= 11 is 5.42. The summed E-state index contributed by atoms with van der Waals surface area (Å²) in [5.41, 5.74) is 6.70. The number of aliphatic carboxylic acids is 1. The Labute approximate surface area is 196 Å². The molecule has 5 N–H and O–H groups in total. The van der Waals surface area contributed by atoms with Crippen molar-refractivity contribution in [3.8, 4) is 0 Å². The molecule has 30 heavy (non-hydrogen) atoms. The van der Waals surface area contributed by atoms with E-state index in [4.69, 9.17) is 5.73 Å². The molecule has 4 rings (SSSR count). The number of nitrogens with one attached hydrogen (secondary N) is 1. The van der Waals surface area contributed by atoms with E-state index >= 15 is 0 Å². The number of aromatic nitrogens is 1. The van der Waals surface area contributed by atoms with Crippen LogP contribution < -0.4 is 11.1 Å². The first-order chi connectivity index (χ1) is 14.2. The number of amides is 1. The number of rotatable bonds is 7. The third kappa shape index (κ3) is 3.60. The van der Waals surface area contributed by atoms with Gasteiger partial charge < -0.3 is 21.3 Å². The van der Waals surface area contributed by atoms with Gasteiger partial charge in [0, 0.05) is 28.5 Å². The molecular weight excluding hydrogens is 539 g/mol. The van der Waals surface area contributed by atoms with E-state index in [1.165, 1.54) is 4.90 Å². The highest BCUT2D eigenvalue weighted by Crippen LogP contribution is 2.58. The number of nitrogens with two attached hydrogens (primary N) is 1. The summed E-state index contributed by atoms with van der Waals surface area (Å²) in [5, 5.41) is 26.7. The molecule has 4 heterocycles. The van der Waals surface area contributed by atoms with Crippen LogP contribution in [0.15, 0.2) is 16.0 Å². The Kier molecular flexibility index (Phi) is 6.23. The average molecular weight is 564 g/mol. The van der Waals surface area contributed by atoms with E-state index in [9.17, 15) is 19.8 Å². The smallest absolute Gasteiger partial charge is 0.353 e. The van der Waals surface area contributed by atoms with Gasteiger partial charge in [0.2, 0.25) is 5.91 Å². The molecule has 0 bridgehead atoms. The van der Waals surface area contributed by atoms with Gasteiger partial charge in [-0.1, -0.05) is 22.6 Å². The lowest BCUT2D eigenvalue weighted by Gasteiger charge is -2.48. The lowest BCUT2D eigenvalue weighted by atomic mass is 9.79. The Hall–Kier alpha value is -0.730. The van der Waals surface area contributed by atoms with Gasteiger partial charge in [0.1, 0.15) is 5.70 Å². The molecule has 8 nitrogen and oxygen atoms in total. The van der Waals surface area contributed by atoms with E-state index < -0.39 is 21.4 Å². The van der Waals surface area contributed by atoms with Crippen LogP contribution >= 0.6 is 45.7 Å². The van der Waals surface area contributed by atoms with Crippen LogP contribution in [0.1, 0.15) is 37.0 Å². The number of alkyl halides is 1. The van der Waals surface area contributed by atoms with Gasteiger partial charge in [0.05, 0.1) is 38.2 Å². The van der Waals surface area contributed by atoms with E-state index in [-0.39, 0.29) is 28.9 Å². The summed E-state index contributed by atoms with van der Waals surface area (Å²) in [7, 11) is 0. The number of fused-ring (bicyclic) bond motifs is 1. The number of aliphatic hydroxyl groups excluding tert-OH is 1. The Morgan fingerprint density at radius 1 is 1.60 bits per heavy atom. The molecule has 1 amide bonds. The number of aliphatic hydroxyl groups is 1. The first-order valence-electron chi connectivity index (χ1n) is 9.89. The molecule has 11 heteroatoms. The zero-order chi connectivity index (χ0) is 21.8. The van der Waals surface area contributed by atoms with E-state index in [1.54, 1.807) is 30.0 Å². The molecule has 0 spiro atoms. The lowest BCUT2D eigenvalue weighted by molar-refractivity contribution is -0.161. The summed E-state index contributed by atoms with van der Waals surface area (Å²) in [6, 6.07) is -0.202. The molecule has 0 radical (unpaired) electrons. The largest absolute Gasteiger partial charge is 0.477 e. The zero-order valence-electron chi connectivity index (χ0n) is 16.7. The quantitative estimate of drug-likeness (QED) is 0.223. The number of carbonyl (C=O) groups excluding carboxylic acids is 1. The summed E-state index contributed by atoms with van der Waals surface area (Å²) in [4.78, 5) is 31.4. The van der Waals surface area contributed by atoms with Gasteiger partial charge in [-0.15, -0.1) is 23.1 Å². The second kappa shape index (κ2) is 8.32. The highest BCUT2D eigenvalue weighted by atomic mass is 127. The molecule has 2 fully saturated rings. The normalized spacial score (nSPS) is 34.3. The van der Waals surface area contributed by atoms with Crippen molar-refractivity contribution in [1.82, 2.24) is 15.2 Å². The predicted octanol–water partition coefficient (Wildman–Crippen LogP) is 1.49. The maximum absolute atomic E-state index is 12.6. The first-order valence-corrected chi connectivity index (χ1v) is 12.7. The van der Waals surface area contributed by atoms with Crippen LogP contribution in [-0.2, 0) is 16.0 Å². The zero-order valence-corrected chi connectivity index (χ0v) is 20.5. The van der Waals surface area contributed by atoms with Crippen molar-refractivity contribution < 1.29 is 19.8 Å². The maximum Gasteiger partial charge on any atom is 0.353 e. The minimum Gasteiger partial charge on any atom is -0.477 e. The van der Waals surface area contributed by atoms with Gasteiger partial charge in [0.15, 0.2) is 0 Å². The molecule has 6 atom stereocenters. The van der Waals surface area contributed by atoms with Crippen molar-refractivity contribution in [3.05, 3.63) is 26.7 Å². The maximum atomic E-state index is 12.6. The molecule has 1 aromatic heterocycles. The average Bonchev–Trinajstić information content (AvgIpc) is 3.34. The second-order valence-corrected chi connectivity index (χ2v) is 12.6. The van der Waals surface area contributed by atoms with Crippen molar-refractivity contribution in [2.24, 2.45) is 11.7 Å². The summed E-state index contributed by atoms with van der Waals surface area (Å²) in [6.07, 6.45) is 0.794. The molecule has 0 saturated carbocycles. The van der Waals surface area contributed by atoms with Gasteiger partial charge in [-0.05, 0) is 26.8 Å². The standard InChI is InChI=1S/C19H25IN4O4S2/c1-8(25)13-15-19(2,20)16(14(18(27)28)24(15)17(13)26)30-9-5-10(22-6-9)11-7-29-12(23-11)3-4-21/h7-10,13,15,22,25H,3-6,21H2,1-2H3,(H,27,28)/t8-,9+,10+,13-,15+,19-/m1/s1. The second-order valence-electron chi connectivity index (χ2n) is 8.12. The summed E-state index contributed by atoms with van der Waals surface area (Å²) < 4.78 is -0.557. The number of halogens is 1. The van der Waals surface area contributed by atoms with Gasteiger partial charge >= 0.3 is 5.97 Å². The third-order valence-electron chi connectivity index (χ3n) is 5.98. The van der Waals surface area contributed by atoms with Crippen LogP contribution in [0.4, 0.5) is 0 Å². The van der Waals surface area contributed by atoms with Crippen molar-refractivity contribution in [2.75, 3.05) is 13.1 Å². The third-order valence-corrected chi connectivity index (χ3v) is 9.99. The van der Waals surface area contributed by atoms with Gasteiger partial charge in [0.25, 0.3) is 0 Å². The molecule has 1 aromatic rings. The molecule has 164 valence electrons. The van der Waals surface area contributed by atoms with Crippen molar-refractivity contribution in [1.29, 1.82) is 0 Å². The summed E-state index contributed by atoms with van der Waals surface area (Å²) in [6.45, 7) is 4.87. The molecule has 3 aliphatic heterocycles. The molecule has 3 aliphatic rings. The minimum atomic E-state index is -1.09. The Morgan fingerprint density at radius 2 is 2.33 bits per heavy atom. The van der Waals surface area contributed by atoms with E-state index in [0.29, 0.717) is 11.4 Å². The number of β-lactam (4-membered cyclic amide) rings is 1. The van der Waals surface area contributed by atoms with E-state index in [2.05, 4.69) is 38.3 Å². The van der Waals surface area contributed by atoms with Crippen LogP contribution in [-0.4, -0.2) is 65.9 Å². The van der Waals surface area contributed by atoms with Gasteiger partial charge in [-0.25, -0.2) is 9.78 Å². The highest BCUT2D eigenvalue weighted by Gasteiger charge is 2.65. The van der Waals surface area contributed by atoms with Crippen molar-refractivity contribution in [2.45, 2.75) is 53.5 Å². The number of carboxylic acid groups (broad SMARTS) is 1. The molecule has 0 aromatic carbocycles. The van der Waals surface area contributed by atoms with E-state index in [1.807, 2.05) is 6.92 Å². The number of carboxylic acids is 1. The number of thioether (sulfide) groups is 1. The minimum absolute atomic E-state index is 0.0751. The number of hydrogen-bond donors (Lipinski definition) is 4. The Bertz CT molecular complexity index is 903. The number of thiazole rings is 1. The van der Waals surface area contributed by atoms with Crippen LogP contribution in [0.3, 0.4) is 0 Å². The molecular formula is C19H25IN4O4S2.